The number of aliphatic hydroxyl groups is 1. The Kier molecular flexibility index (Phi) is 5.62. The highest BCUT2D eigenvalue weighted by atomic mass is 19.1. The van der Waals surface area contributed by atoms with Gasteiger partial charge in [0.1, 0.15) is 17.3 Å². The van der Waals surface area contributed by atoms with E-state index in [0.717, 1.165) is 41.0 Å². The van der Waals surface area contributed by atoms with Gasteiger partial charge in [0.05, 0.1) is 11.3 Å². The second kappa shape index (κ2) is 8.23. The minimum atomic E-state index is -0.977. The summed E-state index contributed by atoms with van der Waals surface area (Å²) in [7, 11) is 0. The lowest BCUT2D eigenvalue weighted by Crippen LogP contribution is -2.40. The number of aliphatic hydroxyl groups excluding tert-OH is 1. The molecule has 7 heteroatoms. The van der Waals surface area contributed by atoms with Crippen molar-refractivity contribution in [2.45, 2.75) is 26.7 Å². The van der Waals surface area contributed by atoms with Crippen LogP contribution in [0, 0.1) is 31.4 Å². The van der Waals surface area contributed by atoms with Crippen molar-refractivity contribution in [2.75, 3.05) is 24.6 Å². The summed E-state index contributed by atoms with van der Waals surface area (Å²) < 4.78 is 28.0. The number of carbonyl (C=O) groups excluding carboxylic acids is 2. The molecule has 2 aromatic rings. The zero-order valence-corrected chi connectivity index (χ0v) is 17.5. The summed E-state index contributed by atoms with van der Waals surface area (Å²) in [5, 5.41) is 9.63. The highest BCUT2D eigenvalue weighted by Gasteiger charge is 2.44. The van der Waals surface area contributed by atoms with Crippen LogP contribution in [0.25, 0.3) is 5.57 Å². The molecule has 2 aliphatic rings. The van der Waals surface area contributed by atoms with Gasteiger partial charge in [0.25, 0.3) is 11.8 Å². The molecule has 2 aromatic carbocycles. The van der Waals surface area contributed by atoms with Crippen molar-refractivity contribution in [2.24, 2.45) is 5.92 Å². The van der Waals surface area contributed by atoms with Gasteiger partial charge in [-0.3, -0.25) is 9.59 Å². The topological polar surface area (TPSA) is 60.9 Å². The van der Waals surface area contributed by atoms with Crippen molar-refractivity contribution in [1.29, 1.82) is 0 Å². The summed E-state index contributed by atoms with van der Waals surface area (Å²) >= 11 is 0. The van der Waals surface area contributed by atoms with Gasteiger partial charge in [0.2, 0.25) is 0 Å². The van der Waals surface area contributed by atoms with E-state index in [1.165, 1.54) is 0 Å². The van der Waals surface area contributed by atoms with E-state index in [1.807, 2.05) is 30.9 Å². The maximum Gasteiger partial charge on any atom is 0.282 e. The van der Waals surface area contributed by atoms with E-state index >= 15 is 0 Å². The fourth-order valence-corrected chi connectivity index (χ4v) is 4.45. The average Bonchev–Trinajstić information content (AvgIpc) is 2.98. The molecule has 2 heterocycles. The molecule has 1 fully saturated rings. The van der Waals surface area contributed by atoms with Crippen molar-refractivity contribution in [3.05, 3.63) is 70.4 Å². The van der Waals surface area contributed by atoms with Crippen LogP contribution in [0.3, 0.4) is 0 Å². The summed E-state index contributed by atoms with van der Waals surface area (Å²) in [5.41, 5.74) is 2.59. The van der Waals surface area contributed by atoms with E-state index < -0.39 is 23.4 Å². The third kappa shape index (κ3) is 3.74. The quantitative estimate of drug-likeness (QED) is 0.760. The molecule has 31 heavy (non-hydrogen) atoms. The Morgan fingerprint density at radius 3 is 2.52 bits per heavy atom. The molecular weight excluding hydrogens is 402 g/mol. The number of rotatable bonds is 4. The van der Waals surface area contributed by atoms with Crippen LogP contribution in [0.2, 0.25) is 0 Å². The van der Waals surface area contributed by atoms with Crippen LogP contribution < -0.4 is 4.90 Å². The monoisotopic (exact) mass is 426 g/mol. The first-order valence-corrected chi connectivity index (χ1v) is 10.3. The standard InChI is InChI=1S/C24H24F2N2O3/c1-14-5-7-18(15(2)10-14)21-22(27-9-3-4-16(12-27)13-29)24(31)28(23(21)30)20-8-6-17(25)11-19(20)26/h5-8,10-11,16,29H,3-4,9,12-13H2,1-2H3. The second-order valence-electron chi connectivity index (χ2n) is 8.22. The van der Waals surface area contributed by atoms with E-state index in [-0.39, 0.29) is 29.5 Å². The highest BCUT2D eigenvalue weighted by molar-refractivity contribution is 6.45. The Hall–Kier alpha value is -3.06. The number of halogens is 2. The van der Waals surface area contributed by atoms with Gasteiger partial charge in [-0.15, -0.1) is 0 Å². The number of piperidine rings is 1. The summed E-state index contributed by atoms with van der Waals surface area (Å²) in [6, 6.07) is 8.37. The third-order valence-electron chi connectivity index (χ3n) is 5.95. The maximum atomic E-state index is 14.5. The molecule has 1 N–H and O–H groups in total. The Morgan fingerprint density at radius 2 is 1.84 bits per heavy atom. The van der Waals surface area contributed by atoms with Crippen LogP contribution in [-0.2, 0) is 9.59 Å². The SMILES string of the molecule is Cc1ccc(C2=C(N3CCCC(CO)C3)C(=O)N(c3ccc(F)cc3F)C2=O)c(C)c1. The zero-order chi connectivity index (χ0) is 22.3. The number of hydrogen-bond donors (Lipinski definition) is 1. The molecule has 1 unspecified atom stereocenters. The molecule has 162 valence electrons. The summed E-state index contributed by atoms with van der Waals surface area (Å²) in [6.45, 7) is 4.77. The van der Waals surface area contributed by atoms with Crippen molar-refractivity contribution in [3.8, 4) is 0 Å². The van der Waals surface area contributed by atoms with Crippen molar-refractivity contribution in [1.82, 2.24) is 4.90 Å². The summed E-state index contributed by atoms with van der Waals surface area (Å²) in [6.07, 6.45) is 1.60. The van der Waals surface area contributed by atoms with E-state index in [4.69, 9.17) is 0 Å². The average molecular weight is 426 g/mol. The molecule has 2 aliphatic heterocycles. The maximum absolute atomic E-state index is 14.5. The lowest BCUT2D eigenvalue weighted by molar-refractivity contribution is -0.121. The van der Waals surface area contributed by atoms with E-state index in [9.17, 15) is 23.5 Å². The van der Waals surface area contributed by atoms with E-state index in [2.05, 4.69) is 0 Å². The van der Waals surface area contributed by atoms with Crippen LogP contribution in [0.5, 0.6) is 0 Å². The Bertz CT molecular complexity index is 1100. The number of nitrogens with zero attached hydrogens (tertiary/aromatic N) is 2. The van der Waals surface area contributed by atoms with Gasteiger partial charge < -0.3 is 10.0 Å². The van der Waals surface area contributed by atoms with Crippen molar-refractivity contribution >= 4 is 23.1 Å². The Labute approximate surface area is 179 Å². The fourth-order valence-electron chi connectivity index (χ4n) is 4.45. The Morgan fingerprint density at radius 1 is 1.06 bits per heavy atom. The first kappa shape index (κ1) is 21.2. The van der Waals surface area contributed by atoms with E-state index in [0.29, 0.717) is 24.7 Å². The number of anilines is 1. The number of benzene rings is 2. The molecule has 0 bridgehead atoms. The van der Waals surface area contributed by atoms with Gasteiger partial charge in [0, 0.05) is 25.8 Å². The van der Waals surface area contributed by atoms with Crippen molar-refractivity contribution < 1.29 is 23.5 Å². The lowest BCUT2D eigenvalue weighted by atomic mass is 9.95. The van der Waals surface area contributed by atoms with Gasteiger partial charge in [-0.2, -0.15) is 0 Å². The molecule has 1 saturated heterocycles. The number of aryl methyl sites for hydroxylation is 2. The molecule has 0 aromatic heterocycles. The first-order valence-electron chi connectivity index (χ1n) is 10.3. The fraction of sp³-hybridized carbons (Fsp3) is 0.333. The molecule has 5 nitrogen and oxygen atoms in total. The van der Waals surface area contributed by atoms with Crippen LogP contribution >= 0.6 is 0 Å². The molecule has 0 saturated carbocycles. The zero-order valence-electron chi connectivity index (χ0n) is 17.5. The number of imide groups is 1. The second-order valence-corrected chi connectivity index (χ2v) is 8.22. The normalized spacial score (nSPS) is 19.6. The largest absolute Gasteiger partial charge is 0.396 e. The van der Waals surface area contributed by atoms with Crippen molar-refractivity contribution in [3.63, 3.8) is 0 Å². The molecule has 0 radical (unpaired) electrons. The smallest absolute Gasteiger partial charge is 0.282 e. The predicted octanol–water partition coefficient (Wildman–Crippen LogP) is 3.57. The number of amides is 2. The van der Waals surface area contributed by atoms with Gasteiger partial charge >= 0.3 is 0 Å². The van der Waals surface area contributed by atoms with Gasteiger partial charge in [-0.25, -0.2) is 13.7 Å². The summed E-state index contributed by atoms with van der Waals surface area (Å²) in [5.74, 6) is -3.05. The van der Waals surface area contributed by atoms with Crippen LogP contribution in [0.1, 0.15) is 29.5 Å². The predicted molar refractivity (Wildman–Crippen MR) is 113 cm³/mol. The number of carbonyl (C=O) groups is 2. The number of hydrogen-bond acceptors (Lipinski definition) is 4. The van der Waals surface area contributed by atoms with Gasteiger partial charge in [-0.05, 0) is 55.9 Å². The molecule has 2 amide bonds. The third-order valence-corrected chi connectivity index (χ3v) is 5.95. The lowest BCUT2D eigenvalue weighted by Gasteiger charge is -2.34. The van der Waals surface area contributed by atoms with Gasteiger partial charge in [0.15, 0.2) is 0 Å². The van der Waals surface area contributed by atoms with Gasteiger partial charge in [-0.1, -0.05) is 23.8 Å². The highest BCUT2D eigenvalue weighted by Crippen LogP contribution is 2.38. The van der Waals surface area contributed by atoms with Crippen LogP contribution in [-0.4, -0.2) is 41.5 Å². The number of likely N-dealkylation sites (tertiary alicyclic amines) is 1. The summed E-state index contributed by atoms with van der Waals surface area (Å²) in [4.78, 5) is 29.6. The molecular formula is C24H24F2N2O3. The molecule has 0 aliphatic carbocycles. The molecule has 4 rings (SSSR count). The first-order chi connectivity index (χ1) is 14.8. The minimum absolute atomic E-state index is 0.0128. The molecule has 0 spiro atoms. The Balaban J connectivity index is 1.87. The molecule has 1 atom stereocenters. The van der Waals surface area contributed by atoms with Crippen LogP contribution in [0.15, 0.2) is 42.1 Å². The minimum Gasteiger partial charge on any atom is -0.396 e. The van der Waals surface area contributed by atoms with Crippen LogP contribution in [0.4, 0.5) is 14.5 Å². The van der Waals surface area contributed by atoms with E-state index in [1.54, 1.807) is 6.07 Å².